The van der Waals surface area contributed by atoms with Crippen molar-refractivity contribution in [1.29, 1.82) is 0 Å². The third kappa shape index (κ3) is 1.66. The van der Waals surface area contributed by atoms with Crippen molar-refractivity contribution in [3.63, 3.8) is 0 Å². The number of phenolic OH excluding ortho intramolecular Hbond substituents is 1. The molecule has 1 heterocycles. The van der Waals surface area contributed by atoms with Gasteiger partial charge in [0.2, 0.25) is 11.8 Å². The van der Waals surface area contributed by atoms with Crippen LogP contribution in [0.4, 0.5) is 5.69 Å². The van der Waals surface area contributed by atoms with Crippen molar-refractivity contribution < 1.29 is 14.7 Å². The van der Waals surface area contributed by atoms with Crippen LogP contribution < -0.4 is 4.90 Å². The molecule has 1 aliphatic carbocycles. The molecule has 2 unspecified atom stereocenters. The summed E-state index contributed by atoms with van der Waals surface area (Å²) in [6.45, 7) is 3.58. The number of benzene rings is 1. The van der Waals surface area contributed by atoms with Crippen LogP contribution in [-0.4, -0.2) is 16.9 Å². The Labute approximate surface area is 112 Å². The molecule has 100 valence electrons. The predicted molar refractivity (Wildman–Crippen MR) is 70.9 cm³/mol. The highest BCUT2D eigenvalue weighted by Gasteiger charge is 2.50. The maximum Gasteiger partial charge on any atom is 0.237 e. The van der Waals surface area contributed by atoms with Gasteiger partial charge in [-0.2, -0.15) is 0 Å². The fraction of sp³-hybridized carbons (Fsp3) is 0.467. The van der Waals surface area contributed by atoms with Gasteiger partial charge in [-0.05, 0) is 49.9 Å². The van der Waals surface area contributed by atoms with Crippen molar-refractivity contribution in [2.45, 2.75) is 33.1 Å². The standard InChI is InChI=1S/C15H17NO3/c1-8-7-13(17)9(2)6-12(8)16-14(18)10-4-3-5-11(10)15(16)19/h6-7,10-11,17H,3-5H2,1-2H3. The summed E-state index contributed by atoms with van der Waals surface area (Å²) in [5.74, 6) is -0.191. The van der Waals surface area contributed by atoms with Gasteiger partial charge in [-0.25, -0.2) is 4.90 Å². The Kier molecular flexibility index (Phi) is 2.62. The average Bonchev–Trinajstić information content (AvgIpc) is 2.91. The van der Waals surface area contributed by atoms with Crippen molar-refractivity contribution >= 4 is 17.5 Å². The van der Waals surface area contributed by atoms with Crippen LogP contribution in [0.1, 0.15) is 30.4 Å². The first-order valence-corrected chi connectivity index (χ1v) is 6.68. The van der Waals surface area contributed by atoms with E-state index in [1.54, 1.807) is 19.1 Å². The molecule has 0 radical (unpaired) electrons. The van der Waals surface area contributed by atoms with Gasteiger partial charge < -0.3 is 5.11 Å². The molecule has 2 aliphatic rings. The van der Waals surface area contributed by atoms with E-state index in [0.29, 0.717) is 11.3 Å². The first-order chi connectivity index (χ1) is 9.00. The van der Waals surface area contributed by atoms with Crippen LogP contribution in [0.3, 0.4) is 0 Å². The Morgan fingerprint density at radius 2 is 1.63 bits per heavy atom. The van der Waals surface area contributed by atoms with Gasteiger partial charge in [-0.1, -0.05) is 6.42 Å². The van der Waals surface area contributed by atoms with Gasteiger partial charge in [-0.3, -0.25) is 9.59 Å². The van der Waals surface area contributed by atoms with Crippen molar-refractivity contribution in [1.82, 2.24) is 0 Å². The van der Waals surface area contributed by atoms with Crippen LogP contribution in [0.5, 0.6) is 5.75 Å². The van der Waals surface area contributed by atoms with Gasteiger partial charge in [0.1, 0.15) is 5.75 Å². The van der Waals surface area contributed by atoms with Crippen LogP contribution in [0.2, 0.25) is 0 Å². The predicted octanol–water partition coefficient (Wildman–Crippen LogP) is 2.30. The Morgan fingerprint density at radius 1 is 1.05 bits per heavy atom. The Hall–Kier alpha value is -1.84. The summed E-state index contributed by atoms with van der Waals surface area (Å²) in [6, 6.07) is 3.33. The Balaban J connectivity index is 2.06. The molecule has 4 nitrogen and oxygen atoms in total. The van der Waals surface area contributed by atoms with Crippen LogP contribution in [0, 0.1) is 25.7 Å². The highest BCUT2D eigenvalue weighted by molar-refractivity contribution is 6.22. The molecule has 1 saturated carbocycles. The molecular formula is C15H17NO3. The van der Waals surface area contributed by atoms with Gasteiger partial charge in [0.15, 0.2) is 0 Å². The quantitative estimate of drug-likeness (QED) is 0.787. The van der Waals surface area contributed by atoms with E-state index in [9.17, 15) is 14.7 Å². The molecular weight excluding hydrogens is 242 g/mol. The highest BCUT2D eigenvalue weighted by Crippen LogP contribution is 2.42. The number of fused-ring (bicyclic) bond motifs is 1. The minimum atomic E-state index is -0.124. The second-order valence-electron chi connectivity index (χ2n) is 5.58. The number of imide groups is 1. The zero-order valence-electron chi connectivity index (χ0n) is 11.1. The van der Waals surface area contributed by atoms with Gasteiger partial charge in [-0.15, -0.1) is 0 Å². The molecule has 2 atom stereocenters. The number of carbonyl (C=O) groups excluding carboxylic acids is 2. The number of anilines is 1. The molecule has 1 aliphatic heterocycles. The van der Waals surface area contributed by atoms with E-state index in [-0.39, 0.29) is 29.4 Å². The normalized spacial score (nSPS) is 26.1. The third-order valence-corrected chi connectivity index (χ3v) is 4.35. The smallest absolute Gasteiger partial charge is 0.237 e. The van der Waals surface area contributed by atoms with Crippen molar-refractivity contribution in [3.05, 3.63) is 23.3 Å². The number of amides is 2. The van der Waals surface area contributed by atoms with Gasteiger partial charge >= 0.3 is 0 Å². The molecule has 2 fully saturated rings. The molecule has 1 N–H and O–H groups in total. The minimum Gasteiger partial charge on any atom is -0.508 e. The number of aryl methyl sites for hydroxylation is 2. The Morgan fingerprint density at radius 3 is 2.21 bits per heavy atom. The van der Waals surface area contributed by atoms with Crippen LogP contribution in [-0.2, 0) is 9.59 Å². The van der Waals surface area contributed by atoms with E-state index in [4.69, 9.17) is 0 Å². The number of hydrogen-bond acceptors (Lipinski definition) is 3. The number of aromatic hydroxyl groups is 1. The van der Waals surface area contributed by atoms with E-state index in [1.165, 1.54) is 4.90 Å². The summed E-state index contributed by atoms with van der Waals surface area (Å²) in [5, 5.41) is 9.67. The fourth-order valence-corrected chi connectivity index (χ4v) is 3.26. The van der Waals surface area contributed by atoms with Crippen molar-refractivity contribution in [2.75, 3.05) is 4.90 Å². The number of nitrogens with zero attached hydrogens (tertiary/aromatic N) is 1. The van der Waals surface area contributed by atoms with Gasteiger partial charge in [0.05, 0.1) is 17.5 Å². The lowest BCUT2D eigenvalue weighted by Crippen LogP contribution is -2.32. The van der Waals surface area contributed by atoms with E-state index in [2.05, 4.69) is 0 Å². The van der Waals surface area contributed by atoms with E-state index >= 15 is 0 Å². The molecule has 0 aromatic heterocycles. The zero-order chi connectivity index (χ0) is 13.7. The summed E-state index contributed by atoms with van der Waals surface area (Å²) < 4.78 is 0. The van der Waals surface area contributed by atoms with Gasteiger partial charge in [0, 0.05) is 0 Å². The second kappa shape index (κ2) is 4.08. The molecule has 3 rings (SSSR count). The van der Waals surface area contributed by atoms with Crippen LogP contribution in [0.25, 0.3) is 0 Å². The summed E-state index contributed by atoms with van der Waals surface area (Å²) in [6.07, 6.45) is 2.61. The fourth-order valence-electron chi connectivity index (χ4n) is 3.26. The molecule has 1 aromatic rings. The van der Waals surface area contributed by atoms with Crippen LogP contribution >= 0.6 is 0 Å². The first kappa shape index (κ1) is 12.2. The summed E-state index contributed by atoms with van der Waals surface area (Å²) in [5.41, 5.74) is 2.06. The minimum absolute atomic E-state index is 0.0688. The molecule has 0 spiro atoms. The number of rotatable bonds is 1. The average molecular weight is 259 g/mol. The topological polar surface area (TPSA) is 57.6 Å². The van der Waals surface area contributed by atoms with Crippen LogP contribution in [0.15, 0.2) is 12.1 Å². The molecule has 1 saturated heterocycles. The molecule has 2 amide bonds. The third-order valence-electron chi connectivity index (χ3n) is 4.35. The summed E-state index contributed by atoms with van der Waals surface area (Å²) in [7, 11) is 0. The summed E-state index contributed by atoms with van der Waals surface area (Å²) >= 11 is 0. The Bertz CT molecular complexity index is 557. The number of hydrogen-bond donors (Lipinski definition) is 1. The van der Waals surface area contributed by atoms with Crippen molar-refractivity contribution in [3.8, 4) is 5.75 Å². The summed E-state index contributed by atoms with van der Waals surface area (Å²) in [4.78, 5) is 26.1. The lowest BCUT2D eigenvalue weighted by Gasteiger charge is -2.19. The molecule has 1 aromatic carbocycles. The maximum absolute atomic E-state index is 12.4. The maximum atomic E-state index is 12.4. The number of phenols is 1. The molecule has 19 heavy (non-hydrogen) atoms. The zero-order valence-corrected chi connectivity index (χ0v) is 11.1. The monoisotopic (exact) mass is 259 g/mol. The van der Waals surface area contributed by atoms with E-state index in [1.807, 2.05) is 6.92 Å². The van der Waals surface area contributed by atoms with Gasteiger partial charge in [0.25, 0.3) is 0 Å². The lowest BCUT2D eigenvalue weighted by atomic mass is 10.00. The molecule has 4 heteroatoms. The lowest BCUT2D eigenvalue weighted by molar-refractivity contribution is -0.122. The number of carbonyl (C=O) groups is 2. The second-order valence-corrected chi connectivity index (χ2v) is 5.58. The van der Waals surface area contributed by atoms with E-state index in [0.717, 1.165) is 24.8 Å². The largest absolute Gasteiger partial charge is 0.508 e. The first-order valence-electron chi connectivity index (χ1n) is 6.68. The SMILES string of the molecule is Cc1cc(N2C(=O)C3CCCC3C2=O)c(C)cc1O. The highest BCUT2D eigenvalue weighted by atomic mass is 16.3. The molecule has 0 bridgehead atoms. The van der Waals surface area contributed by atoms with E-state index < -0.39 is 0 Å². The van der Waals surface area contributed by atoms with Crippen molar-refractivity contribution in [2.24, 2.45) is 11.8 Å².